The van der Waals surface area contributed by atoms with Crippen LogP contribution in [0.5, 0.6) is 0 Å². The lowest BCUT2D eigenvalue weighted by molar-refractivity contribution is -0.146. The predicted molar refractivity (Wildman–Crippen MR) is 90.7 cm³/mol. The molecule has 0 aromatic heterocycles. The average molecular weight is 315 g/mol. The second-order valence-electron chi connectivity index (χ2n) is 6.06. The van der Waals surface area contributed by atoms with Crippen LogP contribution in [0.15, 0.2) is 24.3 Å². The molecule has 2 amide bonds. The zero-order valence-electron chi connectivity index (χ0n) is 14.3. The molecule has 0 bridgehead atoms. The van der Waals surface area contributed by atoms with E-state index in [0.29, 0.717) is 24.3 Å². The molecule has 0 saturated heterocycles. The summed E-state index contributed by atoms with van der Waals surface area (Å²) in [5, 5.41) is 11.5. The van der Waals surface area contributed by atoms with Gasteiger partial charge in [-0.3, -0.25) is 9.59 Å². The Kier molecular flexibility index (Phi) is 6.77. The highest BCUT2D eigenvalue weighted by molar-refractivity contribution is 6.09. The van der Waals surface area contributed by atoms with Crippen molar-refractivity contribution in [1.29, 1.82) is 5.26 Å². The van der Waals surface area contributed by atoms with E-state index in [9.17, 15) is 9.59 Å². The third-order valence-corrected chi connectivity index (χ3v) is 3.65. The summed E-state index contributed by atoms with van der Waals surface area (Å²) in [5.41, 5.74) is -0.0408. The molecule has 1 aromatic rings. The van der Waals surface area contributed by atoms with E-state index in [1.807, 2.05) is 19.9 Å². The van der Waals surface area contributed by atoms with Gasteiger partial charge in [-0.2, -0.15) is 5.26 Å². The van der Waals surface area contributed by atoms with Gasteiger partial charge in [0.1, 0.15) is 5.41 Å². The summed E-state index contributed by atoms with van der Waals surface area (Å²) in [7, 11) is 0. The van der Waals surface area contributed by atoms with E-state index in [0.717, 1.165) is 12.8 Å². The van der Waals surface area contributed by atoms with Crippen molar-refractivity contribution >= 4 is 17.5 Å². The fraction of sp³-hybridized carbons (Fsp3) is 0.500. The third-order valence-electron chi connectivity index (χ3n) is 3.65. The molecule has 0 fully saturated rings. The Bertz CT molecular complexity index is 579. The zero-order valence-corrected chi connectivity index (χ0v) is 14.3. The maximum Gasteiger partial charge on any atom is 0.239 e. The van der Waals surface area contributed by atoms with Crippen LogP contribution in [0.25, 0.3) is 0 Å². The number of nitriles is 1. The van der Waals surface area contributed by atoms with Crippen LogP contribution in [0.4, 0.5) is 5.69 Å². The molecule has 0 aliphatic carbocycles. The van der Waals surface area contributed by atoms with Crippen molar-refractivity contribution in [3.05, 3.63) is 29.8 Å². The number of benzene rings is 1. The number of amides is 2. The first-order valence-corrected chi connectivity index (χ1v) is 7.97. The van der Waals surface area contributed by atoms with Crippen LogP contribution in [-0.2, 0) is 9.59 Å². The predicted octanol–water partition coefficient (Wildman–Crippen LogP) is 3.17. The molecular weight excluding hydrogens is 290 g/mol. The van der Waals surface area contributed by atoms with Crippen molar-refractivity contribution in [3.8, 4) is 6.07 Å². The highest BCUT2D eigenvalue weighted by Gasteiger charge is 2.38. The minimum Gasteiger partial charge on any atom is -0.342 e. The van der Waals surface area contributed by atoms with Gasteiger partial charge in [0.05, 0.1) is 11.6 Å². The van der Waals surface area contributed by atoms with Crippen LogP contribution in [-0.4, -0.2) is 29.8 Å². The Morgan fingerprint density at radius 2 is 1.65 bits per heavy atom. The highest BCUT2D eigenvalue weighted by Crippen LogP contribution is 2.22. The Labute approximate surface area is 138 Å². The van der Waals surface area contributed by atoms with Crippen molar-refractivity contribution < 1.29 is 9.59 Å². The number of anilines is 1. The molecule has 23 heavy (non-hydrogen) atoms. The molecular formula is C18H25N3O2. The molecule has 0 unspecified atom stereocenters. The van der Waals surface area contributed by atoms with Gasteiger partial charge < -0.3 is 10.2 Å². The van der Waals surface area contributed by atoms with Crippen molar-refractivity contribution in [2.24, 2.45) is 5.41 Å². The van der Waals surface area contributed by atoms with Crippen LogP contribution in [0.2, 0.25) is 0 Å². The number of carbonyl (C=O) groups is 2. The Morgan fingerprint density at radius 3 is 2.09 bits per heavy atom. The normalized spacial score (nSPS) is 10.7. The van der Waals surface area contributed by atoms with E-state index in [1.165, 1.54) is 0 Å². The Morgan fingerprint density at radius 1 is 1.13 bits per heavy atom. The lowest BCUT2D eigenvalue weighted by Crippen LogP contribution is -2.47. The van der Waals surface area contributed by atoms with Gasteiger partial charge in [0.15, 0.2) is 0 Å². The van der Waals surface area contributed by atoms with Crippen LogP contribution in [0.3, 0.4) is 0 Å². The standard InChI is InChI=1S/C18H25N3O2/c1-5-11-21(12-6-2)17(23)18(3,4)16(22)20-15-9-7-14(13-19)8-10-15/h7-10H,5-6,11-12H2,1-4H3,(H,20,22). The molecule has 1 rings (SSSR count). The lowest BCUT2D eigenvalue weighted by Gasteiger charge is -2.30. The third kappa shape index (κ3) is 4.82. The number of carbonyl (C=O) groups excluding carboxylic acids is 2. The van der Waals surface area contributed by atoms with E-state index >= 15 is 0 Å². The molecule has 5 heteroatoms. The van der Waals surface area contributed by atoms with Gasteiger partial charge in [-0.05, 0) is 51.0 Å². The molecule has 0 atom stereocenters. The maximum atomic E-state index is 12.7. The zero-order chi connectivity index (χ0) is 17.5. The fourth-order valence-corrected chi connectivity index (χ4v) is 2.26. The Balaban J connectivity index is 2.85. The first-order valence-electron chi connectivity index (χ1n) is 7.97. The lowest BCUT2D eigenvalue weighted by atomic mass is 9.90. The molecule has 1 aromatic carbocycles. The van der Waals surface area contributed by atoms with E-state index in [-0.39, 0.29) is 11.8 Å². The Hall–Kier alpha value is -2.35. The summed E-state index contributed by atoms with van der Waals surface area (Å²) in [6.07, 6.45) is 1.72. The van der Waals surface area contributed by atoms with Crippen LogP contribution in [0, 0.1) is 16.7 Å². The molecule has 0 heterocycles. The van der Waals surface area contributed by atoms with Gasteiger partial charge in [-0.1, -0.05) is 13.8 Å². The number of nitrogens with one attached hydrogen (secondary N) is 1. The summed E-state index contributed by atoms with van der Waals surface area (Å²) in [5.74, 6) is -0.503. The average Bonchev–Trinajstić information content (AvgIpc) is 2.54. The van der Waals surface area contributed by atoms with Gasteiger partial charge in [0.25, 0.3) is 0 Å². The van der Waals surface area contributed by atoms with Crippen molar-refractivity contribution in [2.45, 2.75) is 40.5 Å². The molecule has 0 aliphatic heterocycles. The summed E-state index contributed by atoms with van der Waals surface area (Å²) in [6.45, 7) is 8.62. The molecule has 1 N–H and O–H groups in total. The first kappa shape index (κ1) is 18.7. The fourth-order valence-electron chi connectivity index (χ4n) is 2.26. The smallest absolute Gasteiger partial charge is 0.239 e. The van der Waals surface area contributed by atoms with Gasteiger partial charge in [0, 0.05) is 18.8 Å². The number of hydrogen-bond donors (Lipinski definition) is 1. The first-order chi connectivity index (χ1) is 10.9. The summed E-state index contributed by atoms with van der Waals surface area (Å²) in [6, 6.07) is 8.60. The second-order valence-corrected chi connectivity index (χ2v) is 6.06. The van der Waals surface area contributed by atoms with Crippen molar-refractivity contribution in [3.63, 3.8) is 0 Å². The largest absolute Gasteiger partial charge is 0.342 e. The topological polar surface area (TPSA) is 73.2 Å². The molecule has 124 valence electrons. The molecule has 0 aliphatic rings. The van der Waals surface area contributed by atoms with Crippen LogP contribution >= 0.6 is 0 Å². The van der Waals surface area contributed by atoms with Crippen molar-refractivity contribution in [2.75, 3.05) is 18.4 Å². The summed E-state index contributed by atoms with van der Waals surface area (Å²) in [4.78, 5) is 27.0. The van der Waals surface area contributed by atoms with Gasteiger partial charge in [-0.25, -0.2) is 0 Å². The van der Waals surface area contributed by atoms with Crippen molar-refractivity contribution in [1.82, 2.24) is 4.90 Å². The summed E-state index contributed by atoms with van der Waals surface area (Å²) >= 11 is 0. The minimum atomic E-state index is -1.14. The monoisotopic (exact) mass is 315 g/mol. The molecule has 5 nitrogen and oxygen atoms in total. The second kappa shape index (κ2) is 8.33. The van der Waals surface area contributed by atoms with Gasteiger partial charge >= 0.3 is 0 Å². The van der Waals surface area contributed by atoms with Gasteiger partial charge in [0.2, 0.25) is 11.8 Å². The van der Waals surface area contributed by atoms with E-state index in [4.69, 9.17) is 5.26 Å². The molecule has 0 radical (unpaired) electrons. The number of rotatable bonds is 7. The highest BCUT2D eigenvalue weighted by atomic mass is 16.2. The summed E-state index contributed by atoms with van der Waals surface area (Å²) < 4.78 is 0. The molecule has 0 saturated carbocycles. The van der Waals surface area contributed by atoms with E-state index in [2.05, 4.69) is 5.32 Å². The van der Waals surface area contributed by atoms with Gasteiger partial charge in [-0.15, -0.1) is 0 Å². The minimum absolute atomic E-state index is 0.160. The maximum absolute atomic E-state index is 12.7. The van der Waals surface area contributed by atoms with Crippen LogP contribution < -0.4 is 5.32 Å². The van der Waals surface area contributed by atoms with E-state index in [1.54, 1.807) is 43.0 Å². The molecule has 0 spiro atoms. The SMILES string of the molecule is CCCN(CCC)C(=O)C(C)(C)C(=O)Nc1ccc(C#N)cc1. The quantitative estimate of drug-likeness (QED) is 0.785. The number of hydrogen-bond acceptors (Lipinski definition) is 3. The number of nitrogens with zero attached hydrogens (tertiary/aromatic N) is 2. The van der Waals surface area contributed by atoms with Crippen LogP contribution in [0.1, 0.15) is 46.1 Å². The van der Waals surface area contributed by atoms with E-state index < -0.39 is 5.41 Å².